The Hall–Kier alpha value is -1.75. The van der Waals surface area contributed by atoms with Crippen LogP contribution >= 0.6 is 0 Å². The van der Waals surface area contributed by atoms with Crippen LogP contribution in [0.2, 0.25) is 0 Å². The minimum atomic E-state index is -0.506. The first-order valence-corrected chi connectivity index (χ1v) is 8.67. The van der Waals surface area contributed by atoms with E-state index in [0.29, 0.717) is 11.8 Å². The molecule has 1 saturated carbocycles. The van der Waals surface area contributed by atoms with Crippen LogP contribution in [0.3, 0.4) is 0 Å². The molecule has 2 fully saturated rings. The average Bonchev–Trinajstić information content (AvgIpc) is 3.00. The lowest BCUT2D eigenvalue weighted by molar-refractivity contribution is -0.0597. The van der Waals surface area contributed by atoms with Gasteiger partial charge in [-0.15, -0.1) is 0 Å². The van der Waals surface area contributed by atoms with Crippen molar-refractivity contribution in [2.75, 3.05) is 18.0 Å². The molecule has 5 heteroatoms. The standard InChI is InChI=1S/C18H24N4O/c1-3-18(23)8-4-6-13-10-22(11-15(13)18)17-14-7-5-9-19-16(14)20-12(2)21-17/h5,7,9,13,15,23H,3-4,6,8,10-11H2,1-2H3/t13-,15+,18-/m0/s1. The second kappa shape index (κ2) is 5.41. The van der Waals surface area contributed by atoms with Gasteiger partial charge in [-0.1, -0.05) is 13.3 Å². The largest absolute Gasteiger partial charge is 0.390 e. The number of fused-ring (bicyclic) bond motifs is 2. The molecule has 1 N–H and O–H groups in total. The van der Waals surface area contributed by atoms with Gasteiger partial charge in [0.1, 0.15) is 11.6 Å². The summed E-state index contributed by atoms with van der Waals surface area (Å²) >= 11 is 0. The zero-order valence-corrected chi connectivity index (χ0v) is 13.9. The third kappa shape index (κ3) is 2.38. The molecule has 3 atom stereocenters. The van der Waals surface area contributed by atoms with E-state index in [1.807, 2.05) is 19.1 Å². The van der Waals surface area contributed by atoms with E-state index in [1.54, 1.807) is 6.20 Å². The number of rotatable bonds is 2. The van der Waals surface area contributed by atoms with Crippen LogP contribution in [0.5, 0.6) is 0 Å². The summed E-state index contributed by atoms with van der Waals surface area (Å²) in [6.45, 7) is 5.89. The van der Waals surface area contributed by atoms with Crippen LogP contribution in [0, 0.1) is 18.8 Å². The molecule has 23 heavy (non-hydrogen) atoms. The molecule has 0 amide bonds. The molecule has 2 aromatic heterocycles. The van der Waals surface area contributed by atoms with Crippen molar-refractivity contribution >= 4 is 16.9 Å². The maximum atomic E-state index is 11.0. The molecule has 1 saturated heterocycles. The van der Waals surface area contributed by atoms with Crippen LogP contribution in [0.15, 0.2) is 18.3 Å². The number of anilines is 1. The van der Waals surface area contributed by atoms with Gasteiger partial charge in [0, 0.05) is 25.2 Å². The molecule has 5 nitrogen and oxygen atoms in total. The molecular weight excluding hydrogens is 288 g/mol. The zero-order chi connectivity index (χ0) is 16.0. The Morgan fingerprint density at radius 3 is 3.04 bits per heavy atom. The summed E-state index contributed by atoms with van der Waals surface area (Å²) in [7, 11) is 0. The molecule has 0 radical (unpaired) electrons. The number of aliphatic hydroxyl groups is 1. The highest BCUT2D eigenvalue weighted by molar-refractivity contribution is 5.87. The minimum Gasteiger partial charge on any atom is -0.390 e. The van der Waals surface area contributed by atoms with E-state index in [9.17, 15) is 5.11 Å². The number of aromatic nitrogens is 3. The number of hydrogen-bond acceptors (Lipinski definition) is 5. The summed E-state index contributed by atoms with van der Waals surface area (Å²) in [5, 5.41) is 12.0. The molecule has 0 aromatic carbocycles. The Balaban J connectivity index is 1.73. The Morgan fingerprint density at radius 2 is 2.22 bits per heavy atom. The van der Waals surface area contributed by atoms with Crippen molar-refractivity contribution in [3.05, 3.63) is 24.2 Å². The molecule has 4 rings (SSSR count). The molecule has 2 aromatic rings. The van der Waals surface area contributed by atoms with Crippen LogP contribution in [0.1, 0.15) is 38.4 Å². The van der Waals surface area contributed by atoms with Gasteiger partial charge >= 0.3 is 0 Å². The van der Waals surface area contributed by atoms with Crippen molar-refractivity contribution in [1.29, 1.82) is 0 Å². The van der Waals surface area contributed by atoms with E-state index < -0.39 is 5.60 Å². The number of nitrogens with zero attached hydrogens (tertiary/aromatic N) is 4. The lowest BCUT2D eigenvalue weighted by atomic mass is 9.69. The summed E-state index contributed by atoms with van der Waals surface area (Å²) in [5.41, 5.74) is 0.254. The van der Waals surface area contributed by atoms with E-state index in [-0.39, 0.29) is 0 Å². The SMILES string of the molecule is CC[C@]1(O)CCC[C@H]2CN(c3nc(C)nc4ncccc34)C[C@H]21. The maximum absolute atomic E-state index is 11.0. The van der Waals surface area contributed by atoms with Gasteiger partial charge in [0.15, 0.2) is 5.65 Å². The highest BCUT2D eigenvalue weighted by Gasteiger charge is 2.48. The Labute approximate surface area is 136 Å². The summed E-state index contributed by atoms with van der Waals surface area (Å²) in [4.78, 5) is 15.9. The van der Waals surface area contributed by atoms with E-state index >= 15 is 0 Å². The second-order valence-corrected chi connectivity index (χ2v) is 7.09. The van der Waals surface area contributed by atoms with Gasteiger partial charge in [0.25, 0.3) is 0 Å². The van der Waals surface area contributed by atoms with Crippen LogP contribution in [0.4, 0.5) is 5.82 Å². The highest BCUT2D eigenvalue weighted by atomic mass is 16.3. The Morgan fingerprint density at radius 1 is 1.35 bits per heavy atom. The topological polar surface area (TPSA) is 62.1 Å². The van der Waals surface area contributed by atoms with Gasteiger partial charge in [-0.2, -0.15) is 0 Å². The third-order valence-electron chi connectivity index (χ3n) is 5.79. The molecule has 1 aliphatic carbocycles. The lowest BCUT2D eigenvalue weighted by Gasteiger charge is -2.40. The lowest BCUT2D eigenvalue weighted by Crippen LogP contribution is -2.44. The predicted molar refractivity (Wildman–Crippen MR) is 90.4 cm³/mol. The van der Waals surface area contributed by atoms with Gasteiger partial charge < -0.3 is 10.0 Å². The van der Waals surface area contributed by atoms with Crippen molar-refractivity contribution in [2.24, 2.45) is 11.8 Å². The minimum absolute atomic E-state index is 0.350. The van der Waals surface area contributed by atoms with Gasteiger partial charge in [-0.05, 0) is 44.2 Å². The van der Waals surface area contributed by atoms with E-state index in [1.165, 1.54) is 6.42 Å². The summed E-state index contributed by atoms with van der Waals surface area (Å²) in [6, 6.07) is 3.99. The molecule has 0 unspecified atom stereocenters. The summed E-state index contributed by atoms with van der Waals surface area (Å²) < 4.78 is 0. The van der Waals surface area contributed by atoms with Crippen LogP contribution < -0.4 is 4.90 Å². The van der Waals surface area contributed by atoms with Crippen molar-refractivity contribution in [3.63, 3.8) is 0 Å². The summed E-state index contributed by atoms with van der Waals surface area (Å²) in [5.74, 6) is 2.65. The average molecular weight is 312 g/mol. The van der Waals surface area contributed by atoms with Gasteiger partial charge in [0.05, 0.1) is 11.0 Å². The predicted octanol–water partition coefficient (Wildman–Crippen LogP) is 2.71. The molecule has 122 valence electrons. The molecular formula is C18H24N4O. The van der Waals surface area contributed by atoms with Crippen molar-refractivity contribution in [2.45, 2.75) is 45.1 Å². The first-order valence-electron chi connectivity index (χ1n) is 8.67. The van der Waals surface area contributed by atoms with Crippen LogP contribution in [-0.2, 0) is 0 Å². The second-order valence-electron chi connectivity index (χ2n) is 7.09. The Bertz CT molecular complexity index is 734. The quantitative estimate of drug-likeness (QED) is 0.924. The fourth-order valence-electron chi connectivity index (χ4n) is 4.53. The van der Waals surface area contributed by atoms with Gasteiger partial charge in [-0.3, -0.25) is 0 Å². The van der Waals surface area contributed by atoms with E-state index in [0.717, 1.165) is 55.0 Å². The molecule has 2 aliphatic rings. The van der Waals surface area contributed by atoms with Gasteiger partial charge in [-0.25, -0.2) is 15.0 Å². The first kappa shape index (κ1) is 14.8. The zero-order valence-electron chi connectivity index (χ0n) is 13.9. The highest BCUT2D eigenvalue weighted by Crippen LogP contribution is 2.45. The normalized spacial score (nSPS) is 30.7. The fourth-order valence-corrected chi connectivity index (χ4v) is 4.53. The maximum Gasteiger partial charge on any atom is 0.164 e. The number of pyridine rings is 1. The van der Waals surface area contributed by atoms with Crippen molar-refractivity contribution in [1.82, 2.24) is 15.0 Å². The monoisotopic (exact) mass is 312 g/mol. The Kier molecular flexibility index (Phi) is 3.48. The smallest absolute Gasteiger partial charge is 0.164 e. The summed E-state index contributed by atoms with van der Waals surface area (Å²) in [6.07, 6.45) is 5.89. The van der Waals surface area contributed by atoms with E-state index in [2.05, 4.69) is 21.8 Å². The molecule has 0 spiro atoms. The molecule has 0 bridgehead atoms. The van der Waals surface area contributed by atoms with Crippen molar-refractivity contribution in [3.8, 4) is 0 Å². The molecule has 3 heterocycles. The number of aryl methyl sites for hydroxylation is 1. The van der Waals surface area contributed by atoms with Crippen LogP contribution in [0.25, 0.3) is 11.0 Å². The molecule has 1 aliphatic heterocycles. The van der Waals surface area contributed by atoms with E-state index in [4.69, 9.17) is 4.98 Å². The number of hydrogen-bond donors (Lipinski definition) is 1. The third-order valence-corrected chi connectivity index (χ3v) is 5.79. The first-order chi connectivity index (χ1) is 11.1. The van der Waals surface area contributed by atoms with Crippen molar-refractivity contribution < 1.29 is 5.11 Å². The van der Waals surface area contributed by atoms with Gasteiger partial charge in [0.2, 0.25) is 0 Å². The van der Waals surface area contributed by atoms with Crippen LogP contribution in [-0.4, -0.2) is 38.7 Å². The fraction of sp³-hybridized carbons (Fsp3) is 0.611.